The molecule has 6 nitrogen and oxygen atoms in total. The minimum Gasteiger partial charge on any atom is -0.490 e. The standard InChI is InChI=1S/C14H24N2O4S/c1-5-19-13-8-7-12(9-14(13)20-6-2)16-21(17,18)11(3)10-15-4/h7-9,11,15-16H,5-6,10H2,1-4H3. The number of ether oxygens (including phenoxy) is 2. The molecule has 7 heteroatoms. The van der Waals surface area contributed by atoms with Gasteiger partial charge in [0, 0.05) is 12.6 Å². The fourth-order valence-electron chi connectivity index (χ4n) is 1.78. The van der Waals surface area contributed by atoms with Crippen molar-refractivity contribution < 1.29 is 17.9 Å². The molecule has 0 saturated heterocycles. The quantitative estimate of drug-likeness (QED) is 0.727. The van der Waals surface area contributed by atoms with E-state index >= 15 is 0 Å². The first kappa shape index (κ1) is 17.6. The summed E-state index contributed by atoms with van der Waals surface area (Å²) >= 11 is 0. The van der Waals surface area contributed by atoms with Gasteiger partial charge >= 0.3 is 0 Å². The van der Waals surface area contributed by atoms with Gasteiger partial charge in [0.25, 0.3) is 0 Å². The van der Waals surface area contributed by atoms with Gasteiger partial charge in [0.15, 0.2) is 11.5 Å². The van der Waals surface area contributed by atoms with Crippen molar-refractivity contribution >= 4 is 15.7 Å². The van der Waals surface area contributed by atoms with E-state index in [1.807, 2.05) is 13.8 Å². The van der Waals surface area contributed by atoms with Crippen molar-refractivity contribution in [1.82, 2.24) is 5.32 Å². The Balaban J connectivity index is 2.96. The largest absolute Gasteiger partial charge is 0.490 e. The van der Waals surface area contributed by atoms with E-state index in [0.717, 1.165) is 0 Å². The summed E-state index contributed by atoms with van der Waals surface area (Å²) in [6.07, 6.45) is 0. The van der Waals surface area contributed by atoms with Crippen molar-refractivity contribution in [3.63, 3.8) is 0 Å². The van der Waals surface area contributed by atoms with Crippen molar-refractivity contribution in [2.45, 2.75) is 26.0 Å². The lowest BCUT2D eigenvalue weighted by Crippen LogP contribution is -2.33. The summed E-state index contributed by atoms with van der Waals surface area (Å²) < 4.78 is 37.8. The van der Waals surface area contributed by atoms with Gasteiger partial charge in [-0.1, -0.05) is 0 Å². The van der Waals surface area contributed by atoms with Crippen LogP contribution in [0, 0.1) is 0 Å². The summed E-state index contributed by atoms with van der Waals surface area (Å²) in [4.78, 5) is 0. The Kier molecular flexibility index (Phi) is 6.77. The molecule has 0 spiro atoms. The highest BCUT2D eigenvalue weighted by Crippen LogP contribution is 2.31. The zero-order valence-corrected chi connectivity index (χ0v) is 13.8. The van der Waals surface area contributed by atoms with Crippen LogP contribution in [0.5, 0.6) is 11.5 Å². The van der Waals surface area contributed by atoms with E-state index in [9.17, 15) is 8.42 Å². The second kappa shape index (κ2) is 8.09. The third kappa shape index (κ3) is 5.09. The molecule has 1 rings (SSSR count). The van der Waals surface area contributed by atoms with Crippen LogP contribution in [0.4, 0.5) is 5.69 Å². The van der Waals surface area contributed by atoms with E-state index in [2.05, 4.69) is 10.0 Å². The number of nitrogens with one attached hydrogen (secondary N) is 2. The third-order valence-electron chi connectivity index (χ3n) is 2.82. The smallest absolute Gasteiger partial charge is 0.236 e. The lowest BCUT2D eigenvalue weighted by atomic mass is 10.3. The molecule has 0 amide bonds. The summed E-state index contributed by atoms with van der Waals surface area (Å²) in [5.74, 6) is 1.13. The van der Waals surface area contributed by atoms with Crippen LogP contribution >= 0.6 is 0 Å². The van der Waals surface area contributed by atoms with Crippen LogP contribution in [0.1, 0.15) is 20.8 Å². The Hall–Kier alpha value is -1.47. The molecule has 0 radical (unpaired) electrons. The van der Waals surface area contributed by atoms with Gasteiger partial charge in [-0.3, -0.25) is 4.72 Å². The predicted molar refractivity (Wildman–Crippen MR) is 84.7 cm³/mol. The summed E-state index contributed by atoms with van der Waals surface area (Å²) in [6, 6.07) is 5.00. The summed E-state index contributed by atoms with van der Waals surface area (Å²) in [5.41, 5.74) is 0.463. The molecule has 0 aromatic heterocycles. The normalized spacial score (nSPS) is 12.8. The Morgan fingerprint density at radius 2 is 1.76 bits per heavy atom. The van der Waals surface area contributed by atoms with Gasteiger partial charge in [0.1, 0.15) is 0 Å². The molecular formula is C14H24N2O4S. The van der Waals surface area contributed by atoms with E-state index in [1.54, 1.807) is 32.2 Å². The lowest BCUT2D eigenvalue weighted by Gasteiger charge is -2.16. The van der Waals surface area contributed by atoms with Crippen LogP contribution in [0.3, 0.4) is 0 Å². The second-order valence-electron chi connectivity index (χ2n) is 4.54. The minimum absolute atomic E-state index is 0.380. The summed E-state index contributed by atoms with van der Waals surface area (Å²) in [6.45, 7) is 6.77. The average Bonchev–Trinajstić information content (AvgIpc) is 2.42. The van der Waals surface area contributed by atoms with Crippen molar-refractivity contribution in [2.24, 2.45) is 0 Å². The van der Waals surface area contributed by atoms with Crippen LogP contribution in [0.15, 0.2) is 18.2 Å². The Morgan fingerprint density at radius 3 is 2.33 bits per heavy atom. The maximum absolute atomic E-state index is 12.1. The Morgan fingerprint density at radius 1 is 1.14 bits per heavy atom. The molecule has 0 aliphatic carbocycles. The first-order valence-corrected chi connectivity index (χ1v) is 8.55. The highest BCUT2D eigenvalue weighted by atomic mass is 32.2. The molecule has 1 unspecified atom stereocenters. The van der Waals surface area contributed by atoms with Gasteiger partial charge in [-0.15, -0.1) is 0 Å². The summed E-state index contributed by atoms with van der Waals surface area (Å²) in [5, 5.41) is 2.32. The number of anilines is 1. The monoisotopic (exact) mass is 316 g/mol. The summed E-state index contributed by atoms with van der Waals surface area (Å²) in [7, 11) is -1.72. The highest BCUT2D eigenvalue weighted by Gasteiger charge is 2.20. The molecular weight excluding hydrogens is 292 g/mol. The number of benzene rings is 1. The molecule has 0 bridgehead atoms. The van der Waals surface area contributed by atoms with Crippen molar-refractivity contribution in [2.75, 3.05) is 31.5 Å². The molecule has 0 aliphatic heterocycles. The average molecular weight is 316 g/mol. The zero-order valence-electron chi connectivity index (χ0n) is 13.0. The van der Waals surface area contributed by atoms with E-state index in [1.165, 1.54) is 0 Å². The molecule has 0 fully saturated rings. The maximum atomic E-state index is 12.1. The van der Waals surface area contributed by atoms with Gasteiger partial charge < -0.3 is 14.8 Å². The number of rotatable bonds is 9. The van der Waals surface area contributed by atoms with Crippen molar-refractivity contribution in [3.05, 3.63) is 18.2 Å². The SMILES string of the molecule is CCOc1ccc(NS(=O)(=O)C(C)CNC)cc1OCC. The molecule has 0 aliphatic rings. The fraction of sp³-hybridized carbons (Fsp3) is 0.571. The van der Waals surface area contributed by atoms with E-state index < -0.39 is 15.3 Å². The van der Waals surface area contributed by atoms with Crippen LogP contribution in [-0.4, -0.2) is 40.5 Å². The van der Waals surface area contributed by atoms with Crippen molar-refractivity contribution in [3.8, 4) is 11.5 Å². The molecule has 1 atom stereocenters. The van der Waals surface area contributed by atoms with Gasteiger partial charge in [0.2, 0.25) is 10.0 Å². The zero-order chi connectivity index (χ0) is 15.9. The van der Waals surface area contributed by atoms with Gasteiger partial charge in [0.05, 0.1) is 24.2 Å². The first-order chi connectivity index (χ1) is 9.94. The number of hydrogen-bond acceptors (Lipinski definition) is 5. The topological polar surface area (TPSA) is 76.7 Å². The molecule has 21 heavy (non-hydrogen) atoms. The molecule has 0 heterocycles. The van der Waals surface area contributed by atoms with Gasteiger partial charge in [-0.2, -0.15) is 0 Å². The molecule has 2 N–H and O–H groups in total. The van der Waals surface area contributed by atoms with Crippen LogP contribution < -0.4 is 19.5 Å². The maximum Gasteiger partial charge on any atom is 0.236 e. The molecule has 0 saturated carbocycles. The fourth-order valence-corrected chi connectivity index (χ4v) is 2.82. The third-order valence-corrected chi connectivity index (χ3v) is 4.57. The molecule has 1 aromatic carbocycles. The van der Waals surface area contributed by atoms with Crippen molar-refractivity contribution in [1.29, 1.82) is 0 Å². The second-order valence-corrected chi connectivity index (χ2v) is 6.64. The van der Waals surface area contributed by atoms with E-state index in [4.69, 9.17) is 9.47 Å². The number of hydrogen-bond donors (Lipinski definition) is 2. The van der Waals surface area contributed by atoms with E-state index in [-0.39, 0.29) is 0 Å². The van der Waals surface area contributed by atoms with E-state index in [0.29, 0.717) is 36.9 Å². The van der Waals surface area contributed by atoms with Crippen LogP contribution in [0.2, 0.25) is 0 Å². The molecule has 120 valence electrons. The Labute approximate surface area is 126 Å². The van der Waals surface area contributed by atoms with Crippen LogP contribution in [0.25, 0.3) is 0 Å². The molecule has 1 aromatic rings. The van der Waals surface area contributed by atoms with Crippen LogP contribution in [-0.2, 0) is 10.0 Å². The Bertz CT molecular complexity index is 546. The van der Waals surface area contributed by atoms with Gasteiger partial charge in [-0.05, 0) is 40.0 Å². The van der Waals surface area contributed by atoms with Gasteiger partial charge in [-0.25, -0.2) is 8.42 Å². The minimum atomic E-state index is -3.44. The number of sulfonamides is 1. The first-order valence-electron chi connectivity index (χ1n) is 7.00. The highest BCUT2D eigenvalue weighted by molar-refractivity contribution is 7.93. The lowest BCUT2D eigenvalue weighted by molar-refractivity contribution is 0.288. The predicted octanol–water partition coefficient (Wildman–Crippen LogP) is 1.83.